The fraction of sp³-hybridized carbons (Fsp3) is 0.417. The van der Waals surface area contributed by atoms with E-state index in [0.29, 0.717) is 11.1 Å². The number of hydrogen-bond donors (Lipinski definition) is 0. The summed E-state index contributed by atoms with van der Waals surface area (Å²) in [6, 6.07) is 14.3. The molecule has 0 radical (unpaired) electrons. The van der Waals surface area contributed by atoms with Crippen molar-refractivity contribution in [1.82, 2.24) is 10.1 Å². The summed E-state index contributed by atoms with van der Waals surface area (Å²) < 4.78 is 16.2. The molecule has 0 unspecified atom stereocenters. The first-order valence-corrected chi connectivity index (χ1v) is 19.1. The number of benzene rings is 2. The molecule has 9 heteroatoms. The summed E-state index contributed by atoms with van der Waals surface area (Å²) in [5, 5.41) is 2.62. The van der Waals surface area contributed by atoms with E-state index in [1.807, 2.05) is 24.3 Å². The minimum atomic E-state index is -3.93. The number of amides is 2. The predicted molar refractivity (Wildman–Crippen MR) is 140 cm³/mol. The van der Waals surface area contributed by atoms with Gasteiger partial charge < -0.3 is 0 Å². The molecule has 6 nitrogen and oxygen atoms in total. The van der Waals surface area contributed by atoms with Gasteiger partial charge in [-0.25, -0.2) is 0 Å². The third-order valence-corrected chi connectivity index (χ3v) is 16.1. The molecule has 0 bridgehead atoms. The van der Waals surface area contributed by atoms with Gasteiger partial charge in [-0.2, -0.15) is 0 Å². The fourth-order valence-corrected chi connectivity index (χ4v) is 14.1. The number of carbonyl (C=O) groups excluding carboxylic acids is 2. The van der Waals surface area contributed by atoms with Gasteiger partial charge in [0, 0.05) is 0 Å². The molecule has 33 heavy (non-hydrogen) atoms. The summed E-state index contributed by atoms with van der Waals surface area (Å²) in [6.45, 7) is 4.23. The Morgan fingerprint density at radius 2 is 1.06 bits per heavy atom. The maximum atomic E-state index is 13.0. The van der Waals surface area contributed by atoms with Crippen LogP contribution in [0.2, 0.25) is 8.87 Å². The number of unbranched alkanes of at least 4 members (excludes halogenated alkanes) is 2. The van der Waals surface area contributed by atoms with Gasteiger partial charge in [0.15, 0.2) is 0 Å². The summed E-state index contributed by atoms with van der Waals surface area (Å²) in [5.74, 6) is -0.468. The average molecular weight is 691 g/mol. The number of halogens is 2. The van der Waals surface area contributed by atoms with Crippen molar-refractivity contribution in [1.29, 1.82) is 0 Å². The number of hydrogen-bond acceptors (Lipinski definition) is 4. The molecule has 0 aromatic heterocycles. The van der Waals surface area contributed by atoms with Gasteiger partial charge in [-0.15, -0.1) is 0 Å². The molecule has 0 atom stereocenters. The van der Waals surface area contributed by atoms with Crippen LogP contribution in [0.4, 0.5) is 0 Å². The topological polar surface area (TPSA) is 59.1 Å². The van der Waals surface area contributed by atoms with Crippen LogP contribution in [-0.4, -0.2) is 55.2 Å². The van der Waals surface area contributed by atoms with E-state index < -0.39 is 19.2 Å². The van der Waals surface area contributed by atoms with Gasteiger partial charge in [-0.3, -0.25) is 0 Å². The Bertz CT molecular complexity index is 834. The van der Waals surface area contributed by atoms with Gasteiger partial charge in [-0.1, -0.05) is 0 Å². The molecule has 0 aliphatic carbocycles. The normalized spacial score (nSPS) is 11.3. The molecule has 0 fully saturated rings. The van der Waals surface area contributed by atoms with Gasteiger partial charge in [0.2, 0.25) is 0 Å². The zero-order valence-corrected chi connectivity index (χ0v) is 25.7. The van der Waals surface area contributed by atoms with E-state index in [2.05, 4.69) is 45.7 Å². The van der Waals surface area contributed by atoms with Crippen molar-refractivity contribution < 1.29 is 15.9 Å². The molecule has 2 rings (SSSR count). The maximum absolute atomic E-state index is 13.0. The minimum absolute atomic E-state index is 0.234. The second-order valence-corrected chi connectivity index (χ2v) is 18.8. The Morgan fingerprint density at radius 1 is 0.727 bits per heavy atom. The Balaban J connectivity index is 2.27. The Morgan fingerprint density at radius 3 is 1.36 bits per heavy atom. The van der Waals surface area contributed by atoms with Crippen molar-refractivity contribution >= 4 is 62.9 Å². The standard InChI is InChI=1S/2C8H7BrNO2.2C4H9.Sn/c2*1-10(12)8(11)6-2-4-7(9)5-3-6;2*1-3-4-2;/h2*2-5H,1H3;2*1,3-4H2,2H3;/q2*-1;;;+2. The fourth-order valence-electron chi connectivity index (χ4n) is 3.35. The van der Waals surface area contributed by atoms with E-state index in [-0.39, 0.29) is 11.8 Å². The van der Waals surface area contributed by atoms with Gasteiger partial charge in [0.25, 0.3) is 0 Å². The third kappa shape index (κ3) is 8.65. The SMILES string of the molecule is CCC[CH2][Sn]([CH2]CCC)([O]N(C)C(=O)c1ccc(Br)cc1)[O]N(C)C(=O)c1ccc(Br)cc1. The third-order valence-electron chi connectivity index (χ3n) is 5.18. The van der Waals surface area contributed by atoms with Gasteiger partial charge in [0.05, 0.1) is 0 Å². The van der Waals surface area contributed by atoms with Crippen LogP contribution in [0, 0.1) is 0 Å². The zero-order valence-electron chi connectivity index (χ0n) is 19.6. The molecule has 180 valence electrons. The van der Waals surface area contributed by atoms with Gasteiger partial charge >= 0.3 is 220 Å². The zero-order chi connectivity index (χ0) is 24.4. The molecule has 2 aromatic rings. The molecule has 0 heterocycles. The summed E-state index contributed by atoms with van der Waals surface area (Å²) in [6.07, 6.45) is 3.79. The second kappa shape index (κ2) is 13.8. The van der Waals surface area contributed by atoms with Crippen LogP contribution in [0.3, 0.4) is 0 Å². The van der Waals surface area contributed by atoms with Crippen LogP contribution < -0.4 is 0 Å². The summed E-state index contributed by atoms with van der Waals surface area (Å²) in [5.41, 5.74) is 1.07. The van der Waals surface area contributed by atoms with Crippen LogP contribution >= 0.6 is 31.9 Å². The van der Waals surface area contributed by atoms with Crippen molar-refractivity contribution in [2.75, 3.05) is 14.1 Å². The van der Waals surface area contributed by atoms with Crippen molar-refractivity contribution in [2.45, 2.75) is 48.4 Å². The van der Waals surface area contributed by atoms with E-state index in [1.165, 1.54) is 10.1 Å². The first-order chi connectivity index (χ1) is 15.7. The molecular weight excluding hydrogens is 659 g/mol. The molecule has 0 aliphatic heterocycles. The molecule has 0 spiro atoms. The van der Waals surface area contributed by atoms with Crippen LogP contribution in [-0.2, 0) is 6.35 Å². The Hall–Kier alpha value is -0.941. The van der Waals surface area contributed by atoms with Crippen molar-refractivity contribution in [3.63, 3.8) is 0 Å². The van der Waals surface area contributed by atoms with Crippen LogP contribution in [0.15, 0.2) is 57.5 Å². The molecule has 2 aromatic carbocycles. The first kappa shape index (κ1) is 28.3. The summed E-state index contributed by atoms with van der Waals surface area (Å²) in [4.78, 5) is 26.1. The van der Waals surface area contributed by atoms with Crippen LogP contribution in [0.5, 0.6) is 0 Å². The summed E-state index contributed by atoms with van der Waals surface area (Å²) >= 11 is 2.86. The number of carbonyl (C=O) groups is 2. The predicted octanol–water partition coefficient (Wildman–Crippen LogP) is 6.96. The number of nitrogens with zero attached hydrogens (tertiary/aromatic N) is 2. The molecular formula is C24H32Br2N2O4Sn. The van der Waals surface area contributed by atoms with E-state index in [1.54, 1.807) is 38.4 Å². The first-order valence-electron chi connectivity index (χ1n) is 11.2. The van der Waals surface area contributed by atoms with E-state index >= 15 is 0 Å². The Labute approximate surface area is 218 Å². The number of rotatable bonds is 12. The number of hydroxylamine groups is 4. The van der Waals surface area contributed by atoms with Crippen molar-refractivity contribution in [3.8, 4) is 0 Å². The Kier molecular flexibility index (Phi) is 11.9. The molecule has 0 saturated carbocycles. The van der Waals surface area contributed by atoms with Gasteiger partial charge in [-0.05, 0) is 0 Å². The molecule has 2 amide bonds. The van der Waals surface area contributed by atoms with E-state index in [0.717, 1.165) is 43.5 Å². The van der Waals surface area contributed by atoms with E-state index in [9.17, 15) is 9.59 Å². The molecule has 0 aliphatic rings. The van der Waals surface area contributed by atoms with Crippen molar-refractivity contribution in [3.05, 3.63) is 68.6 Å². The van der Waals surface area contributed by atoms with Crippen LogP contribution in [0.1, 0.15) is 60.2 Å². The molecule has 0 N–H and O–H groups in total. The average Bonchev–Trinajstić information content (AvgIpc) is 2.81. The van der Waals surface area contributed by atoms with Crippen LogP contribution in [0.25, 0.3) is 0 Å². The van der Waals surface area contributed by atoms with Gasteiger partial charge in [0.1, 0.15) is 0 Å². The second-order valence-electron chi connectivity index (χ2n) is 7.92. The van der Waals surface area contributed by atoms with Crippen molar-refractivity contribution in [2.24, 2.45) is 0 Å². The summed E-state index contributed by atoms with van der Waals surface area (Å²) in [7, 11) is 3.27. The molecule has 0 saturated heterocycles. The van der Waals surface area contributed by atoms with E-state index in [4.69, 9.17) is 6.35 Å². The quantitative estimate of drug-likeness (QED) is 0.179. The monoisotopic (exact) mass is 690 g/mol.